The lowest BCUT2D eigenvalue weighted by atomic mass is 10.1. The average Bonchev–Trinajstić information content (AvgIpc) is 3.46. The molecule has 0 atom stereocenters. The first-order valence-corrected chi connectivity index (χ1v) is 23.9. The van der Waals surface area contributed by atoms with Crippen molar-refractivity contribution >= 4 is 59.8 Å². The topological polar surface area (TPSA) is 193 Å². The third-order valence-electron chi connectivity index (χ3n) is 10.3. The van der Waals surface area contributed by atoms with Gasteiger partial charge < -0.3 is 37.9 Å². The van der Waals surface area contributed by atoms with E-state index in [2.05, 4.69) is 29.6 Å². The summed E-state index contributed by atoms with van der Waals surface area (Å²) in [7, 11) is 4.19. The van der Waals surface area contributed by atoms with E-state index >= 15 is 0 Å². The van der Waals surface area contributed by atoms with E-state index in [1.54, 1.807) is 159 Å². The van der Waals surface area contributed by atoms with Crippen LogP contribution in [0.4, 0.5) is 0 Å². The molecule has 6 aromatic carbocycles. The van der Waals surface area contributed by atoms with Crippen molar-refractivity contribution in [3.63, 3.8) is 0 Å². The maximum Gasteiger partial charge on any atom is 0.343 e. The molecule has 0 amide bonds. The minimum atomic E-state index is -0.564. The van der Waals surface area contributed by atoms with Crippen LogP contribution in [0.5, 0.6) is 34.5 Å². The monoisotopic (exact) mass is 1040 g/mol. The van der Waals surface area contributed by atoms with E-state index in [4.69, 9.17) is 28.4 Å². The summed E-state index contributed by atoms with van der Waals surface area (Å²) in [5, 5.41) is 0. The second-order valence-corrected chi connectivity index (χ2v) is 15.8. The standard InChI is InChI=1S/C23H26O5.C21H16O5.C18H16O5/c1-3-4-5-6-17-27-20-14-10-19(11-15-20)23(25)28-21-12-7-18(8-13-21)9-16-22(24)26-2;1-3-20(23)25-17-10-5-15(6-11-17)7-14-19(22)16-8-12-18(13-9-16)26-21(24)4-2;1-21-15-10-6-14(7-11-15)18(20)23-16-8-3-13(4-9-16)5-12-17(19)22-2/h7-16H,3-6,17H2,1-2H3;3-14H,1-2H2;3-12H,1-2H3/b;14-7+;. The highest BCUT2D eigenvalue weighted by Gasteiger charge is 2.11. The molecule has 0 aliphatic rings. The van der Waals surface area contributed by atoms with E-state index in [9.17, 15) is 33.6 Å². The van der Waals surface area contributed by atoms with Crippen LogP contribution >= 0.6 is 0 Å². The zero-order chi connectivity index (χ0) is 55.8. The van der Waals surface area contributed by atoms with Crippen molar-refractivity contribution in [1.82, 2.24) is 0 Å². The Bertz CT molecular complexity index is 2990. The number of hydrogen-bond acceptors (Lipinski definition) is 15. The first kappa shape index (κ1) is 59.7. The van der Waals surface area contributed by atoms with Gasteiger partial charge in [-0.2, -0.15) is 0 Å². The number of esters is 6. The van der Waals surface area contributed by atoms with Gasteiger partial charge in [0.2, 0.25) is 0 Å². The normalized spacial score (nSPS) is 10.4. The van der Waals surface area contributed by atoms with E-state index < -0.39 is 35.8 Å². The van der Waals surface area contributed by atoms with Gasteiger partial charge in [0.25, 0.3) is 0 Å². The van der Waals surface area contributed by atoms with E-state index in [0.717, 1.165) is 47.4 Å². The van der Waals surface area contributed by atoms with Gasteiger partial charge in [-0.1, -0.05) is 81.8 Å². The Morgan fingerprint density at radius 3 is 1.12 bits per heavy atom. The largest absolute Gasteiger partial charge is 0.497 e. The number of hydrogen-bond donors (Lipinski definition) is 0. The average molecular weight is 1040 g/mol. The Labute approximate surface area is 447 Å². The van der Waals surface area contributed by atoms with Gasteiger partial charge in [0.1, 0.15) is 34.5 Å². The van der Waals surface area contributed by atoms with Crippen LogP contribution in [-0.2, 0) is 28.7 Å². The van der Waals surface area contributed by atoms with Crippen molar-refractivity contribution in [1.29, 1.82) is 0 Å². The molecule has 0 heterocycles. The first-order valence-electron chi connectivity index (χ1n) is 23.9. The smallest absolute Gasteiger partial charge is 0.343 e. The quantitative estimate of drug-likeness (QED) is 0.0205. The van der Waals surface area contributed by atoms with Gasteiger partial charge in [0, 0.05) is 29.9 Å². The number of carbonyl (C=O) groups is 7. The highest BCUT2D eigenvalue weighted by Crippen LogP contribution is 2.21. The van der Waals surface area contributed by atoms with E-state index in [1.165, 1.54) is 57.4 Å². The lowest BCUT2D eigenvalue weighted by Crippen LogP contribution is -2.08. The number of allylic oxidation sites excluding steroid dienone is 1. The molecule has 15 nitrogen and oxygen atoms in total. The van der Waals surface area contributed by atoms with Crippen LogP contribution in [0.25, 0.3) is 18.2 Å². The Hall–Kier alpha value is -9.89. The minimum absolute atomic E-state index is 0.200. The summed E-state index contributed by atoms with van der Waals surface area (Å²) in [6, 6.07) is 40.1. The van der Waals surface area contributed by atoms with Gasteiger partial charge in [-0.15, -0.1) is 0 Å². The number of benzene rings is 6. The van der Waals surface area contributed by atoms with Gasteiger partial charge >= 0.3 is 35.8 Å². The summed E-state index contributed by atoms with van der Waals surface area (Å²) >= 11 is 0. The molecular weight excluding hydrogens is 985 g/mol. The molecule has 0 radical (unpaired) electrons. The maximum atomic E-state index is 12.3. The molecule has 0 aromatic heterocycles. The zero-order valence-corrected chi connectivity index (χ0v) is 43.0. The molecule has 0 spiro atoms. The number of ether oxygens (including phenoxy) is 8. The van der Waals surface area contributed by atoms with Crippen LogP contribution in [0.1, 0.15) is 80.4 Å². The number of methoxy groups -OCH3 is 3. The Balaban J connectivity index is 0.000000251. The third kappa shape index (κ3) is 22.4. The molecule has 0 bridgehead atoms. The Morgan fingerprint density at radius 1 is 0.390 bits per heavy atom. The predicted octanol–water partition coefficient (Wildman–Crippen LogP) is 11.9. The van der Waals surface area contributed by atoms with Crippen LogP contribution in [0, 0.1) is 0 Å². The van der Waals surface area contributed by atoms with Gasteiger partial charge in [-0.05, 0) is 151 Å². The summed E-state index contributed by atoms with van der Waals surface area (Å²) in [5.41, 5.74) is 3.70. The number of rotatable bonds is 22. The van der Waals surface area contributed by atoms with Gasteiger partial charge in [-0.3, -0.25) is 4.79 Å². The molecule has 0 N–H and O–H groups in total. The van der Waals surface area contributed by atoms with Crippen LogP contribution in [-0.4, -0.2) is 69.5 Å². The molecule has 6 aromatic rings. The number of ketones is 1. The fourth-order valence-corrected chi connectivity index (χ4v) is 6.14. The molecule has 15 heteroatoms. The van der Waals surface area contributed by atoms with Crippen molar-refractivity contribution in [3.8, 4) is 34.5 Å². The Kier molecular flexibility index (Phi) is 25.6. The summed E-state index contributed by atoms with van der Waals surface area (Å²) < 4.78 is 40.3. The lowest BCUT2D eigenvalue weighted by Gasteiger charge is -2.08. The third-order valence-corrected chi connectivity index (χ3v) is 10.3. The predicted molar refractivity (Wildman–Crippen MR) is 292 cm³/mol. The first-order chi connectivity index (χ1) is 37.2. The molecule has 77 heavy (non-hydrogen) atoms. The molecule has 6 rings (SSSR count). The SMILES string of the molecule is C=CC(=O)Oc1ccc(/C=C/C(=O)c2ccc(OC(=O)C=C)cc2)cc1.CCCCCCOc1ccc(C(=O)Oc2ccc(C=CC(=O)OC)cc2)cc1.COC(=O)C=Cc1ccc(OC(=O)c2ccc(OC)cc2)cc1. The molecular formula is C62H58O15. The van der Waals surface area contributed by atoms with Crippen molar-refractivity contribution in [3.05, 3.63) is 223 Å². The molecule has 0 saturated heterocycles. The fraction of sp³-hybridized carbons (Fsp3) is 0.145. The minimum Gasteiger partial charge on any atom is -0.497 e. The van der Waals surface area contributed by atoms with E-state index in [0.29, 0.717) is 52.0 Å². The second kappa shape index (κ2) is 33.0. The van der Waals surface area contributed by atoms with Gasteiger partial charge in [-0.25, -0.2) is 28.8 Å². The van der Waals surface area contributed by atoms with Crippen molar-refractivity contribution in [2.24, 2.45) is 0 Å². The second-order valence-electron chi connectivity index (χ2n) is 15.8. The number of unbranched alkanes of at least 4 members (excludes halogenated alkanes) is 3. The van der Waals surface area contributed by atoms with Crippen molar-refractivity contribution in [2.75, 3.05) is 27.9 Å². The summed E-state index contributed by atoms with van der Waals surface area (Å²) in [4.78, 5) is 80.8. The van der Waals surface area contributed by atoms with Crippen LogP contribution in [0.15, 0.2) is 189 Å². The summed E-state index contributed by atoms with van der Waals surface area (Å²) in [6.45, 7) is 9.49. The summed E-state index contributed by atoms with van der Waals surface area (Å²) in [5.74, 6) is -0.0638. The molecule has 396 valence electrons. The van der Waals surface area contributed by atoms with Crippen LogP contribution in [0.2, 0.25) is 0 Å². The van der Waals surface area contributed by atoms with Gasteiger partial charge in [0.05, 0.1) is 39.1 Å². The zero-order valence-electron chi connectivity index (χ0n) is 43.0. The van der Waals surface area contributed by atoms with E-state index in [-0.39, 0.29) is 5.78 Å². The molecule has 0 saturated carbocycles. The Morgan fingerprint density at radius 2 is 0.740 bits per heavy atom. The molecule has 0 fully saturated rings. The highest BCUT2D eigenvalue weighted by atomic mass is 16.6. The molecule has 0 unspecified atom stereocenters. The maximum absolute atomic E-state index is 12.3. The molecule has 0 aliphatic heterocycles. The van der Waals surface area contributed by atoms with Crippen molar-refractivity contribution in [2.45, 2.75) is 32.6 Å². The number of carbonyl (C=O) groups excluding carboxylic acids is 7. The fourth-order valence-electron chi connectivity index (χ4n) is 6.14. The molecule has 0 aliphatic carbocycles. The van der Waals surface area contributed by atoms with Gasteiger partial charge in [0.15, 0.2) is 5.78 Å². The van der Waals surface area contributed by atoms with Crippen LogP contribution < -0.4 is 28.4 Å². The van der Waals surface area contributed by atoms with E-state index in [1.807, 2.05) is 0 Å². The lowest BCUT2D eigenvalue weighted by molar-refractivity contribution is -0.135. The van der Waals surface area contributed by atoms with Crippen molar-refractivity contribution < 1.29 is 71.5 Å². The highest BCUT2D eigenvalue weighted by molar-refractivity contribution is 6.07. The summed E-state index contributed by atoms with van der Waals surface area (Å²) in [6.07, 6.45) is 15.7. The van der Waals surface area contributed by atoms with Crippen LogP contribution in [0.3, 0.4) is 0 Å².